The van der Waals surface area contributed by atoms with Gasteiger partial charge < -0.3 is 0 Å². The van der Waals surface area contributed by atoms with Crippen LogP contribution in [0.25, 0.3) is 49.3 Å². The van der Waals surface area contributed by atoms with Gasteiger partial charge in [0.15, 0.2) is 0 Å². The molecule has 0 aliphatic heterocycles. The molecule has 6 aromatic rings. The van der Waals surface area contributed by atoms with Crippen LogP contribution in [0, 0.1) is 0 Å². The van der Waals surface area contributed by atoms with Gasteiger partial charge >= 0.3 is 0 Å². The van der Waals surface area contributed by atoms with E-state index in [9.17, 15) is 0 Å². The molecule has 4 aromatic carbocycles. The molecule has 2 heterocycles. The van der Waals surface area contributed by atoms with Crippen molar-refractivity contribution in [3.8, 4) is 5.69 Å². The Morgan fingerprint density at radius 2 is 1.26 bits per heavy atom. The van der Waals surface area contributed by atoms with Crippen molar-refractivity contribution >= 4 is 43.6 Å². The fraction of sp³-hybridized carbons (Fsp3) is 0. The van der Waals surface area contributed by atoms with Crippen molar-refractivity contribution in [1.29, 1.82) is 0 Å². The van der Waals surface area contributed by atoms with Crippen molar-refractivity contribution in [1.82, 2.24) is 9.55 Å². The number of pyridine rings is 1. The van der Waals surface area contributed by atoms with Crippen LogP contribution in [-0.4, -0.2) is 9.55 Å². The van der Waals surface area contributed by atoms with Crippen LogP contribution in [0.1, 0.15) is 0 Å². The van der Waals surface area contributed by atoms with Gasteiger partial charge in [0, 0.05) is 21.5 Å². The van der Waals surface area contributed by atoms with Crippen molar-refractivity contribution < 1.29 is 0 Å². The van der Waals surface area contributed by atoms with Gasteiger partial charge in [-0.05, 0) is 29.7 Å². The van der Waals surface area contributed by atoms with Crippen LogP contribution in [0.5, 0.6) is 0 Å². The number of hydrogen-bond acceptors (Lipinski definition) is 1. The molecule has 0 aliphatic rings. The average molecular weight is 344 g/mol. The molecule has 2 heteroatoms. The van der Waals surface area contributed by atoms with Gasteiger partial charge in [-0.2, -0.15) is 0 Å². The summed E-state index contributed by atoms with van der Waals surface area (Å²) in [7, 11) is 0. The summed E-state index contributed by atoms with van der Waals surface area (Å²) in [6.07, 6.45) is 0. The maximum absolute atomic E-state index is 5.06. The second-order valence-corrected chi connectivity index (χ2v) is 6.90. The summed E-state index contributed by atoms with van der Waals surface area (Å²) in [6.45, 7) is 0. The number of benzene rings is 4. The Labute approximate surface area is 156 Å². The molecule has 0 unspecified atom stereocenters. The third-order valence-corrected chi connectivity index (χ3v) is 5.36. The smallest absolute Gasteiger partial charge is 0.146 e. The fourth-order valence-electron chi connectivity index (χ4n) is 4.13. The van der Waals surface area contributed by atoms with E-state index in [2.05, 4.69) is 95.6 Å². The summed E-state index contributed by atoms with van der Waals surface area (Å²) in [6, 6.07) is 34.2. The summed E-state index contributed by atoms with van der Waals surface area (Å²) in [5.74, 6) is 0. The number of nitrogens with zero attached hydrogens (tertiary/aromatic N) is 2. The molecule has 2 aromatic heterocycles. The lowest BCUT2D eigenvalue weighted by atomic mass is 10.1. The zero-order valence-corrected chi connectivity index (χ0v) is 14.6. The number of para-hydroxylation sites is 2. The Kier molecular flexibility index (Phi) is 2.91. The summed E-state index contributed by atoms with van der Waals surface area (Å²) in [5.41, 5.74) is 4.38. The summed E-state index contributed by atoms with van der Waals surface area (Å²) in [4.78, 5) is 5.06. The second kappa shape index (κ2) is 5.42. The first-order valence-electron chi connectivity index (χ1n) is 9.17. The van der Waals surface area contributed by atoms with Crippen molar-refractivity contribution in [2.24, 2.45) is 0 Å². The van der Waals surface area contributed by atoms with E-state index in [4.69, 9.17) is 4.98 Å². The molecule has 0 spiro atoms. The third kappa shape index (κ3) is 2.04. The van der Waals surface area contributed by atoms with E-state index in [0.29, 0.717) is 0 Å². The summed E-state index contributed by atoms with van der Waals surface area (Å²) < 4.78 is 2.30. The lowest BCUT2D eigenvalue weighted by Gasteiger charge is -2.11. The Balaban J connectivity index is 1.86. The Morgan fingerprint density at radius 1 is 0.556 bits per heavy atom. The van der Waals surface area contributed by atoms with Gasteiger partial charge in [-0.15, -0.1) is 0 Å². The second-order valence-electron chi connectivity index (χ2n) is 6.90. The van der Waals surface area contributed by atoms with Crippen molar-refractivity contribution in [2.75, 3.05) is 0 Å². The zero-order chi connectivity index (χ0) is 17.8. The standard InChI is InChI=1S/C25H16N2/c1-3-11-19-17(8-1)10-7-15-23(19)27-24-14-6-4-12-20(24)21-16-18-9-2-5-13-22(18)26-25(21)27/h1-16H. The van der Waals surface area contributed by atoms with E-state index in [0.717, 1.165) is 11.2 Å². The number of hydrogen-bond donors (Lipinski definition) is 0. The maximum atomic E-state index is 5.06. The molecule has 0 amide bonds. The molecular weight excluding hydrogens is 328 g/mol. The Morgan fingerprint density at radius 3 is 2.19 bits per heavy atom. The number of rotatable bonds is 1. The van der Waals surface area contributed by atoms with Gasteiger partial charge in [0.05, 0.1) is 16.7 Å². The molecule has 0 N–H and O–H groups in total. The van der Waals surface area contributed by atoms with Crippen LogP contribution < -0.4 is 0 Å². The van der Waals surface area contributed by atoms with Crippen LogP contribution in [0.2, 0.25) is 0 Å². The molecule has 0 fully saturated rings. The molecule has 0 saturated heterocycles. The fourth-order valence-corrected chi connectivity index (χ4v) is 4.13. The average Bonchev–Trinajstić information content (AvgIpc) is 3.05. The quantitative estimate of drug-likeness (QED) is 0.333. The molecule has 126 valence electrons. The minimum absolute atomic E-state index is 1.01. The van der Waals surface area contributed by atoms with Crippen molar-refractivity contribution in [3.05, 3.63) is 97.1 Å². The van der Waals surface area contributed by atoms with Crippen LogP contribution in [0.4, 0.5) is 0 Å². The van der Waals surface area contributed by atoms with Gasteiger partial charge in [0.1, 0.15) is 5.65 Å². The van der Waals surface area contributed by atoms with Gasteiger partial charge in [-0.25, -0.2) is 4.98 Å². The van der Waals surface area contributed by atoms with Gasteiger partial charge in [-0.1, -0.05) is 72.8 Å². The molecule has 2 nitrogen and oxygen atoms in total. The van der Waals surface area contributed by atoms with Crippen LogP contribution in [-0.2, 0) is 0 Å². The molecule has 27 heavy (non-hydrogen) atoms. The van der Waals surface area contributed by atoms with Crippen molar-refractivity contribution in [3.63, 3.8) is 0 Å². The van der Waals surface area contributed by atoms with E-state index in [-0.39, 0.29) is 0 Å². The molecule has 0 aliphatic carbocycles. The number of fused-ring (bicyclic) bond motifs is 5. The van der Waals surface area contributed by atoms with Crippen molar-refractivity contribution in [2.45, 2.75) is 0 Å². The largest absolute Gasteiger partial charge is 0.293 e. The highest BCUT2D eigenvalue weighted by molar-refractivity contribution is 6.12. The van der Waals surface area contributed by atoms with Crippen LogP contribution in [0.15, 0.2) is 97.1 Å². The first kappa shape index (κ1) is 14.5. The molecule has 6 rings (SSSR count). The van der Waals surface area contributed by atoms with E-state index >= 15 is 0 Å². The first-order chi connectivity index (χ1) is 13.4. The minimum atomic E-state index is 1.01. The van der Waals surface area contributed by atoms with E-state index < -0.39 is 0 Å². The van der Waals surface area contributed by atoms with Gasteiger partial charge in [0.2, 0.25) is 0 Å². The molecular formula is C25H16N2. The summed E-state index contributed by atoms with van der Waals surface area (Å²) >= 11 is 0. The van der Waals surface area contributed by atoms with Gasteiger partial charge in [-0.3, -0.25) is 4.57 Å². The van der Waals surface area contributed by atoms with E-state index in [1.54, 1.807) is 0 Å². The SMILES string of the molecule is c1ccc2nc3c(cc2c1)c1ccccc1n3-c1cccc2ccccc12. The normalized spacial score (nSPS) is 11.7. The lowest BCUT2D eigenvalue weighted by molar-refractivity contribution is 1.16. The third-order valence-electron chi connectivity index (χ3n) is 5.36. The first-order valence-corrected chi connectivity index (χ1v) is 9.17. The molecule has 0 bridgehead atoms. The summed E-state index contributed by atoms with van der Waals surface area (Å²) in [5, 5.41) is 6.07. The van der Waals surface area contributed by atoms with Crippen LogP contribution >= 0.6 is 0 Å². The zero-order valence-electron chi connectivity index (χ0n) is 14.6. The van der Waals surface area contributed by atoms with Gasteiger partial charge in [0.25, 0.3) is 0 Å². The maximum Gasteiger partial charge on any atom is 0.146 e. The topological polar surface area (TPSA) is 17.8 Å². The monoisotopic (exact) mass is 344 g/mol. The number of aromatic nitrogens is 2. The Bertz CT molecular complexity index is 1470. The highest BCUT2D eigenvalue weighted by atomic mass is 15.0. The van der Waals surface area contributed by atoms with E-state index in [1.165, 1.54) is 38.1 Å². The molecule has 0 saturated carbocycles. The predicted octanol–water partition coefficient (Wildman–Crippen LogP) is 6.49. The molecule has 0 atom stereocenters. The lowest BCUT2D eigenvalue weighted by Crippen LogP contribution is -1.96. The van der Waals surface area contributed by atoms with Crippen LogP contribution in [0.3, 0.4) is 0 Å². The molecule has 0 radical (unpaired) electrons. The Hall–Kier alpha value is -3.65. The van der Waals surface area contributed by atoms with E-state index in [1.807, 2.05) is 6.07 Å². The predicted molar refractivity (Wildman–Crippen MR) is 114 cm³/mol. The highest BCUT2D eigenvalue weighted by Crippen LogP contribution is 2.35. The highest BCUT2D eigenvalue weighted by Gasteiger charge is 2.15. The minimum Gasteiger partial charge on any atom is -0.293 e.